The lowest BCUT2D eigenvalue weighted by Crippen LogP contribution is -2.65. The zero-order valence-corrected chi connectivity index (χ0v) is 16.2. The molecule has 0 bridgehead atoms. The number of carbonyl (C=O) groups excluding carboxylic acids is 4. The summed E-state index contributed by atoms with van der Waals surface area (Å²) in [5, 5.41) is 3.51. The van der Waals surface area contributed by atoms with Gasteiger partial charge >= 0.3 is 0 Å². The van der Waals surface area contributed by atoms with Crippen LogP contribution in [-0.2, 0) is 30.5 Å². The third-order valence-corrected chi connectivity index (χ3v) is 5.66. The summed E-state index contributed by atoms with van der Waals surface area (Å²) in [6.07, 6.45) is 0.796. The zero-order chi connectivity index (χ0) is 21.0. The third-order valence-electron chi connectivity index (χ3n) is 5.66. The first-order valence-corrected chi connectivity index (χ1v) is 9.69. The molecule has 0 radical (unpaired) electrons. The standard InChI is InChI=1S/C21H19N3O6/c1-11-10-29-16-9-23-8-14(18(25)19(26)17(23)21(28)24(11)16)20(27)22-7-13-6-12-4-2-3-5-15(12)30-13/h2-6,8,11,16-17H,7,9-10H2,1H3,(H,22,27)/t11-,16+,17?/m0/s1. The van der Waals surface area contributed by atoms with Crippen molar-refractivity contribution in [2.24, 2.45) is 0 Å². The van der Waals surface area contributed by atoms with Gasteiger partial charge in [0.1, 0.15) is 23.1 Å². The van der Waals surface area contributed by atoms with E-state index in [0.29, 0.717) is 18.0 Å². The minimum absolute atomic E-state index is 0.0612. The molecule has 4 heterocycles. The van der Waals surface area contributed by atoms with Gasteiger partial charge in [0.15, 0.2) is 6.04 Å². The number of fused-ring (bicyclic) bond motifs is 3. The molecule has 3 aliphatic rings. The number of furan rings is 1. The Balaban J connectivity index is 1.35. The lowest BCUT2D eigenvalue weighted by atomic mass is 9.93. The molecular formula is C21H19N3O6. The second kappa shape index (κ2) is 6.81. The summed E-state index contributed by atoms with van der Waals surface area (Å²) >= 11 is 0. The second-order valence-electron chi connectivity index (χ2n) is 7.65. The summed E-state index contributed by atoms with van der Waals surface area (Å²) in [6, 6.07) is 7.83. The second-order valence-corrected chi connectivity index (χ2v) is 7.65. The van der Waals surface area contributed by atoms with Crippen LogP contribution in [0.3, 0.4) is 0 Å². The quantitative estimate of drug-likeness (QED) is 0.442. The molecule has 154 valence electrons. The van der Waals surface area contributed by atoms with Crippen molar-refractivity contribution in [3.05, 3.63) is 47.9 Å². The minimum atomic E-state index is -1.23. The Bertz CT molecular complexity index is 1090. The predicted octanol–water partition coefficient (Wildman–Crippen LogP) is 0.342. The summed E-state index contributed by atoms with van der Waals surface area (Å²) in [6.45, 7) is 2.48. The van der Waals surface area contributed by atoms with Gasteiger partial charge in [-0.2, -0.15) is 0 Å². The molecular weight excluding hydrogens is 390 g/mol. The van der Waals surface area contributed by atoms with E-state index in [0.717, 1.165) is 5.39 Å². The number of nitrogens with one attached hydrogen (secondary N) is 1. The van der Waals surface area contributed by atoms with E-state index in [2.05, 4.69) is 5.32 Å². The fraction of sp³-hybridized carbons (Fsp3) is 0.333. The number of benzene rings is 1. The fourth-order valence-corrected chi connectivity index (χ4v) is 4.18. The summed E-state index contributed by atoms with van der Waals surface area (Å²) < 4.78 is 11.3. The van der Waals surface area contributed by atoms with E-state index in [1.54, 1.807) is 6.07 Å². The highest BCUT2D eigenvalue weighted by Gasteiger charge is 2.52. The molecule has 0 spiro atoms. The molecule has 1 unspecified atom stereocenters. The van der Waals surface area contributed by atoms with Gasteiger partial charge in [-0.3, -0.25) is 19.2 Å². The highest BCUT2D eigenvalue weighted by Crippen LogP contribution is 2.29. The van der Waals surface area contributed by atoms with E-state index < -0.39 is 35.7 Å². The smallest absolute Gasteiger partial charge is 0.257 e. The van der Waals surface area contributed by atoms with Crippen LogP contribution in [-0.4, -0.2) is 64.6 Å². The van der Waals surface area contributed by atoms with E-state index in [4.69, 9.17) is 9.15 Å². The van der Waals surface area contributed by atoms with Crippen molar-refractivity contribution in [3.63, 3.8) is 0 Å². The van der Waals surface area contributed by atoms with Gasteiger partial charge in [0.05, 0.1) is 25.7 Å². The number of carbonyl (C=O) groups is 4. The Kier molecular flexibility index (Phi) is 4.21. The Hall–Kier alpha value is -3.46. The molecule has 0 aliphatic carbocycles. The van der Waals surface area contributed by atoms with Crippen molar-refractivity contribution in [2.45, 2.75) is 31.8 Å². The molecule has 1 N–H and O–H groups in total. The number of hydrogen-bond donors (Lipinski definition) is 1. The van der Waals surface area contributed by atoms with Crippen LogP contribution in [0.25, 0.3) is 11.0 Å². The lowest BCUT2D eigenvalue weighted by Gasteiger charge is -2.43. The molecule has 30 heavy (non-hydrogen) atoms. The largest absolute Gasteiger partial charge is 0.459 e. The first-order chi connectivity index (χ1) is 14.4. The number of amides is 2. The van der Waals surface area contributed by atoms with Gasteiger partial charge in [0.2, 0.25) is 11.6 Å². The topological polar surface area (TPSA) is 109 Å². The Labute approximate surface area is 171 Å². The van der Waals surface area contributed by atoms with E-state index in [-0.39, 0.29) is 24.7 Å². The molecule has 1 aromatic carbocycles. The summed E-state index contributed by atoms with van der Waals surface area (Å²) in [5.41, 5.74) is 0.398. The maximum Gasteiger partial charge on any atom is 0.257 e. The van der Waals surface area contributed by atoms with Gasteiger partial charge in [0, 0.05) is 11.6 Å². The summed E-state index contributed by atoms with van der Waals surface area (Å²) in [4.78, 5) is 53.6. The monoisotopic (exact) mass is 409 g/mol. The van der Waals surface area contributed by atoms with Crippen LogP contribution in [0.15, 0.2) is 46.5 Å². The van der Waals surface area contributed by atoms with E-state index in [1.807, 2.05) is 31.2 Å². The van der Waals surface area contributed by atoms with Crippen LogP contribution >= 0.6 is 0 Å². The number of rotatable bonds is 3. The molecule has 0 saturated carbocycles. The van der Waals surface area contributed by atoms with E-state index in [9.17, 15) is 19.2 Å². The van der Waals surface area contributed by atoms with Gasteiger partial charge in [0.25, 0.3) is 11.8 Å². The predicted molar refractivity (Wildman–Crippen MR) is 103 cm³/mol. The Morgan fingerprint density at radius 3 is 2.83 bits per heavy atom. The Morgan fingerprint density at radius 2 is 2.03 bits per heavy atom. The van der Waals surface area contributed by atoms with Crippen LogP contribution in [0, 0.1) is 0 Å². The summed E-state index contributed by atoms with van der Waals surface area (Å²) in [7, 11) is 0. The van der Waals surface area contributed by atoms with Crippen molar-refractivity contribution in [1.82, 2.24) is 15.1 Å². The van der Waals surface area contributed by atoms with E-state index >= 15 is 0 Å². The fourth-order valence-electron chi connectivity index (χ4n) is 4.18. The van der Waals surface area contributed by atoms with Crippen LogP contribution in [0.5, 0.6) is 0 Å². The molecule has 2 saturated heterocycles. The highest BCUT2D eigenvalue weighted by molar-refractivity contribution is 6.53. The molecule has 2 fully saturated rings. The molecule has 2 aromatic rings. The normalized spacial score (nSPS) is 26.0. The molecule has 1 aromatic heterocycles. The van der Waals surface area contributed by atoms with Crippen LogP contribution < -0.4 is 5.32 Å². The van der Waals surface area contributed by atoms with Gasteiger partial charge in [-0.05, 0) is 19.1 Å². The van der Waals surface area contributed by atoms with Crippen LogP contribution in [0.2, 0.25) is 0 Å². The maximum absolute atomic E-state index is 12.8. The molecule has 3 atom stereocenters. The number of ether oxygens (including phenoxy) is 1. The minimum Gasteiger partial charge on any atom is -0.459 e. The third kappa shape index (κ3) is 2.81. The average Bonchev–Trinajstić information content (AvgIpc) is 3.32. The summed E-state index contributed by atoms with van der Waals surface area (Å²) in [5.74, 6) is -2.49. The molecule has 9 heteroatoms. The lowest BCUT2D eigenvalue weighted by molar-refractivity contribution is -0.159. The van der Waals surface area contributed by atoms with E-state index in [1.165, 1.54) is 16.0 Å². The molecule has 9 nitrogen and oxygen atoms in total. The molecule has 5 rings (SSSR count). The van der Waals surface area contributed by atoms with Gasteiger partial charge in [-0.25, -0.2) is 0 Å². The Morgan fingerprint density at radius 1 is 1.23 bits per heavy atom. The van der Waals surface area contributed by atoms with Crippen molar-refractivity contribution in [2.75, 3.05) is 13.2 Å². The molecule has 2 amide bonds. The number of para-hydroxylation sites is 1. The number of Topliss-reactive ketones (excluding diaryl/α,β-unsaturated/α-hetero) is 2. The van der Waals surface area contributed by atoms with Crippen molar-refractivity contribution >= 4 is 34.4 Å². The van der Waals surface area contributed by atoms with Crippen LogP contribution in [0.1, 0.15) is 12.7 Å². The first kappa shape index (κ1) is 18.6. The number of ketones is 2. The zero-order valence-electron chi connectivity index (χ0n) is 16.2. The number of hydrogen-bond acceptors (Lipinski definition) is 7. The van der Waals surface area contributed by atoms with Gasteiger partial charge in [-0.1, -0.05) is 18.2 Å². The van der Waals surface area contributed by atoms with Gasteiger partial charge < -0.3 is 24.3 Å². The number of nitrogens with zero attached hydrogens (tertiary/aromatic N) is 2. The average molecular weight is 409 g/mol. The molecule has 3 aliphatic heterocycles. The van der Waals surface area contributed by atoms with Gasteiger partial charge in [-0.15, -0.1) is 0 Å². The number of piperazine rings is 1. The first-order valence-electron chi connectivity index (χ1n) is 9.69. The SMILES string of the molecule is C[C@H]1CO[C@@H]2CN3C=C(C(=O)NCc4cc5ccccc5o4)C(=O)C(=O)C3C(=O)N12. The van der Waals surface area contributed by atoms with Crippen molar-refractivity contribution in [1.29, 1.82) is 0 Å². The highest BCUT2D eigenvalue weighted by atomic mass is 16.5. The van der Waals surface area contributed by atoms with Crippen molar-refractivity contribution < 1.29 is 28.3 Å². The van der Waals surface area contributed by atoms with Crippen LogP contribution in [0.4, 0.5) is 0 Å². The maximum atomic E-state index is 12.8. The van der Waals surface area contributed by atoms with Crippen molar-refractivity contribution in [3.8, 4) is 0 Å².